The smallest absolute Gasteiger partial charge is 0.383 e. The monoisotopic (exact) mass is 423 g/mol. The van der Waals surface area contributed by atoms with E-state index < -0.39 is 17.3 Å². The van der Waals surface area contributed by atoms with Gasteiger partial charge in [0.05, 0.1) is 24.3 Å². The van der Waals surface area contributed by atoms with Crippen LogP contribution in [0.4, 0.5) is 13.2 Å². The molecule has 1 aromatic heterocycles. The van der Waals surface area contributed by atoms with Crippen molar-refractivity contribution in [3.63, 3.8) is 0 Å². The first-order chi connectivity index (χ1) is 13.7. The lowest BCUT2D eigenvalue weighted by molar-refractivity contribution is -0.137. The average Bonchev–Trinajstić information content (AvgIpc) is 3.13. The second-order valence-electron chi connectivity index (χ2n) is 7.51. The maximum atomic E-state index is 12.7. The summed E-state index contributed by atoms with van der Waals surface area (Å²) in [6, 6.07) is 5.26. The van der Waals surface area contributed by atoms with Crippen LogP contribution in [0.15, 0.2) is 29.6 Å². The van der Waals surface area contributed by atoms with E-state index in [0.717, 1.165) is 22.7 Å². The first-order valence-corrected chi connectivity index (χ1v) is 10.3. The molecule has 0 unspecified atom stereocenters. The number of rotatable bonds is 6. The molecule has 1 aliphatic rings. The highest BCUT2D eigenvalue weighted by Gasteiger charge is 2.36. The topological polar surface area (TPSA) is 39.6 Å². The molecule has 1 aromatic carbocycles. The fourth-order valence-electron chi connectivity index (χ4n) is 3.43. The Kier molecular flexibility index (Phi) is 6.64. The number of aromatic nitrogens is 1. The molecule has 4 nitrogen and oxygen atoms in total. The summed E-state index contributed by atoms with van der Waals surface area (Å²) in [5, 5.41) is 13.9. The number of alkyl halides is 3. The molecule has 1 N–H and O–H groups in total. The van der Waals surface area contributed by atoms with Gasteiger partial charge in [-0.05, 0) is 37.6 Å². The highest BCUT2D eigenvalue weighted by atomic mass is 32.1. The molecule has 0 radical (unpaired) electrons. The SMILES string of the molecule is C#CCN(C)Cc1nc(C2(O)CCN(Cc3ccc(C(F)(F)F)cc3)CC2)cs1. The van der Waals surface area contributed by atoms with Gasteiger partial charge in [0.25, 0.3) is 0 Å². The van der Waals surface area contributed by atoms with Crippen molar-refractivity contribution in [3.8, 4) is 12.3 Å². The summed E-state index contributed by atoms with van der Waals surface area (Å²) < 4.78 is 38.0. The van der Waals surface area contributed by atoms with Gasteiger partial charge in [0.2, 0.25) is 0 Å². The molecule has 156 valence electrons. The van der Waals surface area contributed by atoms with Crippen LogP contribution in [-0.2, 0) is 24.9 Å². The second-order valence-corrected chi connectivity index (χ2v) is 8.45. The van der Waals surface area contributed by atoms with E-state index in [4.69, 9.17) is 6.42 Å². The van der Waals surface area contributed by atoms with Crippen LogP contribution in [0, 0.1) is 12.3 Å². The van der Waals surface area contributed by atoms with Gasteiger partial charge in [-0.25, -0.2) is 4.98 Å². The zero-order valence-electron chi connectivity index (χ0n) is 16.2. The van der Waals surface area contributed by atoms with Crippen LogP contribution < -0.4 is 0 Å². The van der Waals surface area contributed by atoms with Crippen LogP contribution in [0.5, 0.6) is 0 Å². The van der Waals surface area contributed by atoms with Gasteiger partial charge in [0, 0.05) is 25.0 Å². The van der Waals surface area contributed by atoms with Gasteiger partial charge < -0.3 is 5.11 Å². The Bertz CT molecular complexity index is 849. The van der Waals surface area contributed by atoms with E-state index in [0.29, 0.717) is 51.3 Å². The van der Waals surface area contributed by atoms with Gasteiger partial charge in [0.15, 0.2) is 0 Å². The average molecular weight is 424 g/mol. The Hall–Kier alpha value is -1.92. The van der Waals surface area contributed by atoms with Gasteiger partial charge in [0.1, 0.15) is 10.6 Å². The van der Waals surface area contributed by atoms with E-state index in [-0.39, 0.29) is 0 Å². The van der Waals surface area contributed by atoms with Crippen LogP contribution in [-0.4, -0.2) is 46.6 Å². The van der Waals surface area contributed by atoms with Crippen molar-refractivity contribution < 1.29 is 18.3 Å². The number of benzene rings is 1. The zero-order chi connectivity index (χ0) is 21.1. The maximum absolute atomic E-state index is 12.7. The Morgan fingerprint density at radius 1 is 1.28 bits per heavy atom. The second kappa shape index (κ2) is 8.84. The summed E-state index contributed by atoms with van der Waals surface area (Å²) in [5.74, 6) is 2.59. The fraction of sp³-hybridized carbons (Fsp3) is 0.476. The lowest BCUT2D eigenvalue weighted by Crippen LogP contribution is -2.42. The molecule has 1 aliphatic heterocycles. The molecule has 0 atom stereocenters. The number of terminal acetylenes is 1. The van der Waals surface area contributed by atoms with Crippen LogP contribution in [0.1, 0.15) is 34.7 Å². The van der Waals surface area contributed by atoms with Crippen molar-refractivity contribution in [1.29, 1.82) is 0 Å². The molecule has 2 heterocycles. The Balaban J connectivity index is 1.55. The molecule has 2 aromatic rings. The molecule has 1 saturated heterocycles. The summed E-state index contributed by atoms with van der Waals surface area (Å²) in [6.07, 6.45) is 2.08. The number of thiazole rings is 1. The maximum Gasteiger partial charge on any atom is 0.416 e. The predicted octanol–water partition coefficient (Wildman–Crippen LogP) is 3.71. The summed E-state index contributed by atoms with van der Waals surface area (Å²) >= 11 is 1.52. The number of piperidine rings is 1. The first kappa shape index (κ1) is 21.8. The quantitative estimate of drug-likeness (QED) is 0.719. The molecule has 8 heteroatoms. The number of hydrogen-bond acceptors (Lipinski definition) is 5. The number of halogens is 3. The molecular weight excluding hydrogens is 399 g/mol. The summed E-state index contributed by atoms with van der Waals surface area (Å²) in [6.45, 7) is 3.05. The molecule has 0 spiro atoms. The van der Waals surface area contributed by atoms with Crippen LogP contribution >= 0.6 is 11.3 Å². The van der Waals surface area contributed by atoms with Crippen molar-refractivity contribution in [1.82, 2.24) is 14.8 Å². The summed E-state index contributed by atoms with van der Waals surface area (Å²) in [7, 11) is 1.93. The predicted molar refractivity (Wildman–Crippen MR) is 107 cm³/mol. The van der Waals surface area contributed by atoms with Crippen LogP contribution in [0.25, 0.3) is 0 Å². The standard InChI is InChI=1S/C21H24F3N3OS/c1-3-10-26(2)14-19-25-18(15-29-19)20(28)8-11-27(12-9-20)13-16-4-6-17(7-5-16)21(22,23)24/h1,4-7,15,28H,8-14H2,2H3. The fourth-order valence-corrected chi connectivity index (χ4v) is 4.40. The Morgan fingerprint density at radius 3 is 2.52 bits per heavy atom. The molecule has 1 fully saturated rings. The van der Waals surface area contributed by atoms with Crippen molar-refractivity contribution in [2.45, 2.75) is 37.7 Å². The minimum absolute atomic E-state index is 0.539. The lowest BCUT2D eigenvalue weighted by atomic mass is 9.88. The minimum Gasteiger partial charge on any atom is -0.383 e. The molecule has 3 rings (SSSR count). The third-order valence-corrected chi connectivity index (χ3v) is 6.00. The van der Waals surface area contributed by atoms with E-state index in [1.165, 1.54) is 23.5 Å². The zero-order valence-corrected chi connectivity index (χ0v) is 17.1. The molecule has 0 aliphatic carbocycles. The number of likely N-dealkylation sites (tertiary alicyclic amines) is 1. The lowest BCUT2D eigenvalue weighted by Gasteiger charge is -2.37. The highest BCUT2D eigenvalue weighted by Crippen LogP contribution is 2.34. The molecule has 29 heavy (non-hydrogen) atoms. The Labute approximate surface area is 173 Å². The van der Waals surface area contributed by atoms with Crippen molar-refractivity contribution in [2.75, 3.05) is 26.7 Å². The van der Waals surface area contributed by atoms with E-state index in [9.17, 15) is 18.3 Å². The first-order valence-electron chi connectivity index (χ1n) is 9.37. The van der Waals surface area contributed by atoms with Gasteiger partial charge in [-0.1, -0.05) is 18.1 Å². The largest absolute Gasteiger partial charge is 0.416 e. The van der Waals surface area contributed by atoms with E-state index >= 15 is 0 Å². The normalized spacial score (nSPS) is 17.4. The molecule has 0 amide bonds. The third-order valence-electron chi connectivity index (χ3n) is 5.17. The van der Waals surface area contributed by atoms with Crippen molar-refractivity contribution in [2.24, 2.45) is 0 Å². The van der Waals surface area contributed by atoms with E-state index in [1.807, 2.05) is 17.3 Å². The number of hydrogen-bond donors (Lipinski definition) is 1. The third kappa shape index (κ3) is 5.58. The Morgan fingerprint density at radius 2 is 1.93 bits per heavy atom. The highest BCUT2D eigenvalue weighted by molar-refractivity contribution is 7.09. The number of aliphatic hydroxyl groups is 1. The van der Waals surface area contributed by atoms with Crippen molar-refractivity contribution >= 4 is 11.3 Å². The van der Waals surface area contributed by atoms with Gasteiger partial charge in [-0.2, -0.15) is 13.2 Å². The van der Waals surface area contributed by atoms with Crippen molar-refractivity contribution in [3.05, 3.63) is 51.5 Å². The van der Waals surface area contributed by atoms with E-state index in [1.54, 1.807) is 0 Å². The summed E-state index contributed by atoms with van der Waals surface area (Å²) in [4.78, 5) is 8.73. The van der Waals surface area contributed by atoms with Crippen LogP contribution in [0.2, 0.25) is 0 Å². The molecule has 0 bridgehead atoms. The van der Waals surface area contributed by atoms with Gasteiger partial charge in [-0.3, -0.25) is 9.80 Å². The van der Waals surface area contributed by atoms with Crippen LogP contribution in [0.3, 0.4) is 0 Å². The molecule has 0 saturated carbocycles. The van der Waals surface area contributed by atoms with Gasteiger partial charge >= 0.3 is 6.18 Å². The minimum atomic E-state index is -4.32. The summed E-state index contributed by atoms with van der Waals surface area (Å²) in [5.41, 5.74) is -0.0750. The number of nitrogens with zero attached hydrogens (tertiary/aromatic N) is 3. The van der Waals surface area contributed by atoms with Gasteiger partial charge in [-0.15, -0.1) is 17.8 Å². The molecular formula is C21H24F3N3OS. The van der Waals surface area contributed by atoms with E-state index in [2.05, 4.69) is 15.8 Å².